The Balaban J connectivity index is 1.41. The van der Waals surface area contributed by atoms with Gasteiger partial charge in [-0.15, -0.1) is 5.10 Å². The maximum absolute atomic E-state index is 14.8. The van der Waals surface area contributed by atoms with Gasteiger partial charge >= 0.3 is 6.03 Å². The molecule has 180 valence electrons. The first-order valence-corrected chi connectivity index (χ1v) is 10.8. The molecule has 2 aromatic heterocycles. The number of tetrazole rings is 1. The molecule has 13 heteroatoms. The van der Waals surface area contributed by atoms with Crippen LogP contribution < -0.4 is 4.90 Å². The molecule has 11 nitrogen and oxygen atoms in total. The third-order valence-electron chi connectivity index (χ3n) is 6.22. The fraction of sp³-hybridized carbons (Fsp3) is 0.273. The Labute approximate surface area is 198 Å². The van der Waals surface area contributed by atoms with Gasteiger partial charge in [-0.05, 0) is 47.7 Å². The van der Waals surface area contributed by atoms with Crippen LogP contribution in [0.4, 0.5) is 19.3 Å². The smallest absolute Gasteiger partial charge is 0.324 e. The van der Waals surface area contributed by atoms with Crippen molar-refractivity contribution in [3.63, 3.8) is 0 Å². The molecule has 2 unspecified atom stereocenters. The number of rotatable bonds is 7. The molecule has 1 aliphatic rings. The number of anilines is 1. The molecule has 0 spiro atoms. The topological polar surface area (TPSA) is 118 Å². The highest BCUT2D eigenvalue weighted by atomic mass is 19.1. The molecule has 0 radical (unpaired) electrons. The van der Waals surface area contributed by atoms with Crippen LogP contribution in [0.3, 0.4) is 0 Å². The Morgan fingerprint density at radius 1 is 1.09 bits per heavy atom. The number of hydrogen-bond acceptors (Lipinski definition) is 7. The molecule has 1 saturated heterocycles. The summed E-state index contributed by atoms with van der Waals surface area (Å²) in [6.07, 6.45) is 4.14. The lowest BCUT2D eigenvalue weighted by atomic mass is 9.86. The summed E-state index contributed by atoms with van der Waals surface area (Å²) in [6.45, 7) is 2.05. The normalized spacial score (nSPS) is 16.5. The van der Waals surface area contributed by atoms with Crippen molar-refractivity contribution in [2.24, 2.45) is 0 Å². The second-order valence-corrected chi connectivity index (χ2v) is 8.23. The Morgan fingerprint density at radius 3 is 2.51 bits per heavy atom. The summed E-state index contributed by atoms with van der Waals surface area (Å²) in [5.41, 5.74) is -0.680. The number of nitrogens with zero attached hydrogens (tertiary/aromatic N) is 9. The minimum Gasteiger partial charge on any atom is -0.381 e. The maximum Gasteiger partial charge on any atom is 0.324 e. The van der Waals surface area contributed by atoms with E-state index < -0.39 is 23.3 Å². The highest BCUT2D eigenvalue weighted by molar-refractivity contribution is 5.94. The molecule has 35 heavy (non-hydrogen) atoms. The largest absolute Gasteiger partial charge is 0.381 e. The highest BCUT2D eigenvalue weighted by Crippen LogP contribution is 2.37. The van der Waals surface area contributed by atoms with Gasteiger partial charge in [0.15, 0.2) is 0 Å². The van der Waals surface area contributed by atoms with E-state index in [1.165, 1.54) is 39.3 Å². The van der Waals surface area contributed by atoms with Crippen LogP contribution >= 0.6 is 0 Å². The second-order valence-electron chi connectivity index (χ2n) is 8.23. The SMILES string of the molecule is CC(n1cncn1)C(O)(CN1CCN(c2ccc(-n3cnnn3)cc2)C1=O)c1ccc(F)cc1F. The van der Waals surface area contributed by atoms with Gasteiger partial charge in [-0.1, -0.05) is 6.07 Å². The number of carbonyl (C=O) groups is 1. The first-order valence-electron chi connectivity index (χ1n) is 10.8. The first kappa shape index (κ1) is 22.5. The van der Waals surface area contributed by atoms with Crippen molar-refractivity contribution in [1.29, 1.82) is 0 Å². The number of aliphatic hydroxyl groups is 1. The Kier molecular flexibility index (Phi) is 5.68. The molecule has 1 N–H and O–H groups in total. The van der Waals surface area contributed by atoms with E-state index in [1.807, 2.05) is 0 Å². The molecule has 2 aromatic carbocycles. The standard InChI is InChI=1S/C22H21F2N9O2/c1-15(32-13-25-12-27-32)22(35,19-7-2-16(23)10-20(19)24)11-30-8-9-31(21(30)34)17-3-5-18(6-4-17)33-14-26-28-29-33/h2-7,10,12-15,35H,8-9,11H2,1H3. The number of aromatic nitrogens is 7. The van der Waals surface area contributed by atoms with Crippen LogP contribution in [0.15, 0.2) is 61.4 Å². The molecule has 5 rings (SSSR count). The number of amides is 2. The van der Waals surface area contributed by atoms with Gasteiger partial charge in [0.2, 0.25) is 0 Å². The summed E-state index contributed by atoms with van der Waals surface area (Å²) in [4.78, 5) is 20.2. The zero-order chi connectivity index (χ0) is 24.6. The molecule has 4 aromatic rings. The summed E-state index contributed by atoms with van der Waals surface area (Å²) in [6, 6.07) is 8.88. The average Bonchev–Trinajstić information content (AvgIpc) is 3.62. The molecule has 0 saturated carbocycles. The Hall–Kier alpha value is -4.26. The van der Waals surface area contributed by atoms with Crippen molar-refractivity contribution >= 4 is 11.7 Å². The molecule has 0 bridgehead atoms. The number of β-amino-alcohol motifs (C(OH)–C–C–N with tert-alkyl or cyclic N) is 1. The van der Waals surface area contributed by atoms with E-state index in [4.69, 9.17) is 0 Å². The summed E-state index contributed by atoms with van der Waals surface area (Å²) in [7, 11) is 0. The molecule has 1 fully saturated rings. The quantitative estimate of drug-likeness (QED) is 0.429. The van der Waals surface area contributed by atoms with Gasteiger partial charge in [0, 0.05) is 30.4 Å². The summed E-state index contributed by atoms with van der Waals surface area (Å²) >= 11 is 0. The number of halogens is 2. The molecular formula is C22H21F2N9O2. The van der Waals surface area contributed by atoms with E-state index in [2.05, 4.69) is 25.6 Å². The van der Waals surface area contributed by atoms with Crippen LogP contribution in [0.5, 0.6) is 0 Å². The van der Waals surface area contributed by atoms with E-state index >= 15 is 0 Å². The summed E-state index contributed by atoms with van der Waals surface area (Å²) in [5.74, 6) is -1.68. The van der Waals surface area contributed by atoms with Gasteiger partial charge in [0.1, 0.15) is 36.2 Å². The molecule has 2 atom stereocenters. The number of urea groups is 1. The summed E-state index contributed by atoms with van der Waals surface area (Å²) in [5, 5.41) is 26.9. The predicted octanol–water partition coefficient (Wildman–Crippen LogP) is 1.92. The van der Waals surface area contributed by atoms with E-state index in [9.17, 15) is 18.7 Å². The fourth-order valence-electron chi connectivity index (χ4n) is 4.24. The van der Waals surface area contributed by atoms with Crippen LogP contribution in [-0.2, 0) is 5.60 Å². The lowest BCUT2D eigenvalue weighted by molar-refractivity contribution is -0.0358. The van der Waals surface area contributed by atoms with Crippen LogP contribution in [0.25, 0.3) is 5.69 Å². The predicted molar refractivity (Wildman–Crippen MR) is 118 cm³/mol. The second kappa shape index (κ2) is 8.83. The van der Waals surface area contributed by atoms with E-state index in [-0.39, 0.29) is 18.1 Å². The van der Waals surface area contributed by atoms with Crippen molar-refractivity contribution in [3.8, 4) is 5.69 Å². The van der Waals surface area contributed by atoms with Crippen LogP contribution in [0.1, 0.15) is 18.5 Å². The number of hydrogen-bond donors (Lipinski definition) is 1. The summed E-state index contributed by atoms with van der Waals surface area (Å²) < 4.78 is 31.3. The number of benzene rings is 2. The lowest BCUT2D eigenvalue weighted by Crippen LogP contribution is -2.48. The zero-order valence-electron chi connectivity index (χ0n) is 18.6. The minimum atomic E-state index is -1.92. The third kappa shape index (κ3) is 4.10. The van der Waals surface area contributed by atoms with Gasteiger partial charge < -0.3 is 10.0 Å². The van der Waals surface area contributed by atoms with Gasteiger partial charge in [-0.25, -0.2) is 27.9 Å². The Bertz CT molecular complexity index is 1320. The molecular weight excluding hydrogens is 460 g/mol. The molecule has 1 aliphatic heterocycles. The van der Waals surface area contributed by atoms with Crippen LogP contribution in [0, 0.1) is 11.6 Å². The van der Waals surface area contributed by atoms with Crippen molar-refractivity contribution in [2.45, 2.75) is 18.6 Å². The van der Waals surface area contributed by atoms with Crippen LogP contribution in [-0.4, -0.2) is 70.6 Å². The fourth-order valence-corrected chi connectivity index (χ4v) is 4.24. The van der Waals surface area contributed by atoms with Gasteiger partial charge in [-0.2, -0.15) is 5.10 Å². The van der Waals surface area contributed by atoms with Gasteiger partial charge in [0.05, 0.1) is 18.3 Å². The first-order chi connectivity index (χ1) is 16.9. The minimum absolute atomic E-state index is 0.140. The highest BCUT2D eigenvalue weighted by Gasteiger charge is 2.44. The number of carbonyl (C=O) groups excluding carboxylic acids is 1. The van der Waals surface area contributed by atoms with E-state index in [0.29, 0.717) is 24.8 Å². The van der Waals surface area contributed by atoms with Gasteiger partial charge in [0.25, 0.3) is 0 Å². The van der Waals surface area contributed by atoms with Crippen molar-refractivity contribution in [2.75, 3.05) is 24.5 Å². The maximum atomic E-state index is 14.8. The molecule has 2 amide bonds. The monoisotopic (exact) mass is 481 g/mol. The van der Waals surface area contributed by atoms with E-state index in [1.54, 1.807) is 36.1 Å². The molecule has 3 heterocycles. The zero-order valence-corrected chi connectivity index (χ0v) is 18.6. The van der Waals surface area contributed by atoms with Crippen molar-refractivity contribution < 1.29 is 18.7 Å². The Morgan fingerprint density at radius 2 is 1.86 bits per heavy atom. The van der Waals surface area contributed by atoms with Crippen molar-refractivity contribution in [3.05, 3.63) is 78.6 Å². The lowest BCUT2D eigenvalue weighted by Gasteiger charge is -2.37. The van der Waals surface area contributed by atoms with Gasteiger partial charge in [-0.3, -0.25) is 4.90 Å². The van der Waals surface area contributed by atoms with Crippen LogP contribution in [0.2, 0.25) is 0 Å². The van der Waals surface area contributed by atoms with Crippen molar-refractivity contribution in [1.82, 2.24) is 39.9 Å². The average molecular weight is 481 g/mol. The third-order valence-corrected chi connectivity index (χ3v) is 6.22. The molecule has 0 aliphatic carbocycles. The van der Waals surface area contributed by atoms with E-state index in [0.717, 1.165) is 11.8 Å².